The van der Waals surface area contributed by atoms with E-state index >= 15 is 0 Å². The number of carbonyl (C=O) groups excluding carboxylic acids is 1. The highest BCUT2D eigenvalue weighted by molar-refractivity contribution is 5.93. The van der Waals surface area contributed by atoms with Gasteiger partial charge in [-0.25, -0.2) is 0 Å². The molecule has 0 saturated heterocycles. The van der Waals surface area contributed by atoms with Crippen molar-refractivity contribution in [2.24, 2.45) is 5.73 Å². The van der Waals surface area contributed by atoms with E-state index in [1.54, 1.807) is 18.3 Å². The van der Waals surface area contributed by atoms with Crippen LogP contribution in [0.4, 0.5) is 0 Å². The van der Waals surface area contributed by atoms with Crippen LogP contribution in [0.5, 0.6) is 0 Å². The Hall–Kier alpha value is -2.16. The van der Waals surface area contributed by atoms with Crippen LogP contribution in [0.3, 0.4) is 0 Å². The molecular weight excluding hydrogens is 200 g/mol. The third-order valence-electron chi connectivity index (χ3n) is 2.49. The molecule has 1 aromatic heterocycles. The van der Waals surface area contributed by atoms with Gasteiger partial charge in [-0.3, -0.25) is 9.78 Å². The van der Waals surface area contributed by atoms with E-state index in [0.29, 0.717) is 5.56 Å². The highest BCUT2D eigenvalue weighted by Gasteiger charge is 2.03. The molecule has 0 aliphatic heterocycles. The number of rotatable bonds is 2. The van der Waals surface area contributed by atoms with Crippen molar-refractivity contribution in [3.63, 3.8) is 0 Å². The van der Waals surface area contributed by atoms with Crippen LogP contribution >= 0.6 is 0 Å². The van der Waals surface area contributed by atoms with E-state index in [9.17, 15) is 4.79 Å². The maximum atomic E-state index is 10.9. The van der Waals surface area contributed by atoms with E-state index in [0.717, 1.165) is 16.8 Å². The van der Waals surface area contributed by atoms with Crippen LogP contribution in [-0.4, -0.2) is 10.9 Å². The largest absolute Gasteiger partial charge is 0.366 e. The molecule has 0 aliphatic rings. The standard InChI is InChI=1S/C13H12N2O/c1-9-12(3-2-8-15-9)10-4-6-11(7-5-10)13(14)16/h2-8H,1H3,(H2,14,16). The lowest BCUT2D eigenvalue weighted by Crippen LogP contribution is -2.10. The molecule has 3 heteroatoms. The average Bonchev–Trinajstić information content (AvgIpc) is 2.30. The van der Waals surface area contributed by atoms with Crippen molar-refractivity contribution in [3.05, 3.63) is 53.9 Å². The number of pyridine rings is 1. The predicted molar refractivity (Wildman–Crippen MR) is 62.9 cm³/mol. The SMILES string of the molecule is Cc1ncccc1-c1ccc(C(N)=O)cc1. The van der Waals surface area contributed by atoms with Crippen molar-refractivity contribution in [2.45, 2.75) is 6.92 Å². The van der Waals surface area contributed by atoms with E-state index in [2.05, 4.69) is 4.98 Å². The zero-order chi connectivity index (χ0) is 11.5. The summed E-state index contributed by atoms with van der Waals surface area (Å²) in [4.78, 5) is 15.1. The van der Waals surface area contributed by atoms with Gasteiger partial charge in [-0.1, -0.05) is 18.2 Å². The maximum Gasteiger partial charge on any atom is 0.248 e. The van der Waals surface area contributed by atoms with Crippen molar-refractivity contribution in [2.75, 3.05) is 0 Å². The van der Waals surface area contributed by atoms with Crippen molar-refractivity contribution in [1.29, 1.82) is 0 Å². The lowest BCUT2D eigenvalue weighted by atomic mass is 10.0. The van der Waals surface area contributed by atoms with Gasteiger partial charge in [0.05, 0.1) is 0 Å². The molecule has 0 aliphatic carbocycles. The van der Waals surface area contributed by atoms with E-state index < -0.39 is 5.91 Å². The summed E-state index contributed by atoms with van der Waals surface area (Å²) in [5.74, 6) is -0.408. The molecule has 0 fully saturated rings. The van der Waals surface area contributed by atoms with Crippen molar-refractivity contribution in [3.8, 4) is 11.1 Å². The molecule has 0 saturated carbocycles. The summed E-state index contributed by atoms with van der Waals surface area (Å²) in [5, 5.41) is 0. The zero-order valence-electron chi connectivity index (χ0n) is 8.97. The average molecular weight is 212 g/mol. The number of aryl methyl sites for hydroxylation is 1. The van der Waals surface area contributed by atoms with Gasteiger partial charge in [0.1, 0.15) is 0 Å². The molecule has 2 N–H and O–H groups in total. The molecule has 0 atom stereocenters. The van der Waals surface area contributed by atoms with Gasteiger partial charge in [0, 0.05) is 23.0 Å². The van der Waals surface area contributed by atoms with Crippen molar-refractivity contribution in [1.82, 2.24) is 4.98 Å². The lowest BCUT2D eigenvalue weighted by Gasteiger charge is -2.05. The molecule has 80 valence electrons. The summed E-state index contributed by atoms with van der Waals surface area (Å²) in [6.07, 6.45) is 1.76. The highest BCUT2D eigenvalue weighted by atomic mass is 16.1. The number of aromatic nitrogens is 1. The lowest BCUT2D eigenvalue weighted by molar-refractivity contribution is 0.100. The van der Waals surface area contributed by atoms with Crippen LogP contribution in [0.1, 0.15) is 16.1 Å². The molecular formula is C13H12N2O. The number of nitrogens with two attached hydrogens (primary N) is 1. The predicted octanol–water partition coefficient (Wildman–Crippen LogP) is 2.16. The van der Waals surface area contributed by atoms with Gasteiger partial charge in [0.15, 0.2) is 0 Å². The van der Waals surface area contributed by atoms with E-state index in [1.165, 1.54) is 0 Å². The summed E-state index contributed by atoms with van der Waals surface area (Å²) in [7, 11) is 0. The van der Waals surface area contributed by atoms with E-state index in [4.69, 9.17) is 5.73 Å². The third-order valence-corrected chi connectivity index (χ3v) is 2.49. The molecule has 0 spiro atoms. The van der Waals surface area contributed by atoms with Crippen LogP contribution in [0.25, 0.3) is 11.1 Å². The van der Waals surface area contributed by atoms with Crippen LogP contribution in [0.2, 0.25) is 0 Å². The summed E-state index contributed by atoms with van der Waals surface area (Å²) in [6.45, 7) is 1.96. The maximum absolute atomic E-state index is 10.9. The summed E-state index contributed by atoms with van der Waals surface area (Å²) < 4.78 is 0. The van der Waals surface area contributed by atoms with Gasteiger partial charge >= 0.3 is 0 Å². The minimum Gasteiger partial charge on any atom is -0.366 e. The Morgan fingerprint density at radius 3 is 2.44 bits per heavy atom. The Morgan fingerprint density at radius 2 is 1.88 bits per heavy atom. The number of hydrogen-bond acceptors (Lipinski definition) is 2. The molecule has 3 nitrogen and oxygen atoms in total. The quantitative estimate of drug-likeness (QED) is 0.829. The fraction of sp³-hybridized carbons (Fsp3) is 0.0769. The Balaban J connectivity index is 2.43. The van der Waals surface area contributed by atoms with Gasteiger partial charge < -0.3 is 5.73 Å². The number of amides is 1. The topological polar surface area (TPSA) is 56.0 Å². The van der Waals surface area contributed by atoms with Crippen molar-refractivity contribution >= 4 is 5.91 Å². The van der Waals surface area contributed by atoms with Crippen LogP contribution in [-0.2, 0) is 0 Å². The monoisotopic (exact) mass is 212 g/mol. The number of nitrogens with zero attached hydrogens (tertiary/aromatic N) is 1. The fourth-order valence-corrected chi connectivity index (χ4v) is 1.60. The Labute approximate surface area is 93.9 Å². The summed E-state index contributed by atoms with van der Waals surface area (Å²) in [5.41, 5.74) is 8.77. The normalized spacial score (nSPS) is 10.1. The minimum atomic E-state index is -0.408. The Kier molecular flexibility index (Phi) is 2.68. The molecule has 1 amide bonds. The van der Waals surface area contributed by atoms with E-state index in [-0.39, 0.29) is 0 Å². The van der Waals surface area contributed by atoms with Crippen molar-refractivity contribution < 1.29 is 4.79 Å². The van der Waals surface area contributed by atoms with Crippen LogP contribution in [0.15, 0.2) is 42.6 Å². The summed E-state index contributed by atoms with van der Waals surface area (Å²) >= 11 is 0. The molecule has 1 heterocycles. The summed E-state index contributed by atoms with van der Waals surface area (Å²) in [6, 6.07) is 11.1. The van der Waals surface area contributed by atoms with Crippen LogP contribution < -0.4 is 5.73 Å². The minimum absolute atomic E-state index is 0.408. The first-order valence-electron chi connectivity index (χ1n) is 5.00. The second-order valence-corrected chi connectivity index (χ2v) is 3.58. The van der Waals surface area contributed by atoms with Gasteiger partial charge in [-0.2, -0.15) is 0 Å². The van der Waals surface area contributed by atoms with Gasteiger partial charge in [0.25, 0.3) is 0 Å². The molecule has 1 aromatic carbocycles. The van der Waals surface area contributed by atoms with Gasteiger partial charge in [-0.05, 0) is 30.7 Å². The first kappa shape index (κ1) is 10.4. The molecule has 0 unspecified atom stereocenters. The highest BCUT2D eigenvalue weighted by Crippen LogP contribution is 2.21. The number of carbonyl (C=O) groups is 1. The molecule has 0 radical (unpaired) electrons. The zero-order valence-corrected chi connectivity index (χ0v) is 8.97. The second kappa shape index (κ2) is 4.14. The first-order chi connectivity index (χ1) is 7.68. The first-order valence-corrected chi connectivity index (χ1v) is 5.00. The molecule has 0 bridgehead atoms. The number of benzene rings is 1. The second-order valence-electron chi connectivity index (χ2n) is 3.58. The number of primary amides is 1. The Morgan fingerprint density at radius 1 is 1.19 bits per heavy atom. The molecule has 2 aromatic rings. The van der Waals surface area contributed by atoms with Gasteiger partial charge in [-0.15, -0.1) is 0 Å². The van der Waals surface area contributed by atoms with E-state index in [1.807, 2.05) is 31.2 Å². The molecule has 16 heavy (non-hydrogen) atoms. The Bertz CT molecular complexity index is 518. The van der Waals surface area contributed by atoms with Crippen LogP contribution in [0, 0.1) is 6.92 Å². The molecule has 2 rings (SSSR count). The fourth-order valence-electron chi connectivity index (χ4n) is 1.60. The van der Waals surface area contributed by atoms with Gasteiger partial charge in [0.2, 0.25) is 5.91 Å². The smallest absolute Gasteiger partial charge is 0.248 e. The third kappa shape index (κ3) is 1.93. The number of hydrogen-bond donors (Lipinski definition) is 1.